The number of pyridine rings is 1. The number of rotatable bonds is 5. The lowest BCUT2D eigenvalue weighted by Crippen LogP contribution is -2.25. The number of halogens is 2. The Kier molecular flexibility index (Phi) is 4.88. The summed E-state index contributed by atoms with van der Waals surface area (Å²) >= 11 is 12.1. The molecule has 4 aromatic rings. The summed E-state index contributed by atoms with van der Waals surface area (Å²) in [5.41, 5.74) is 3.12. The van der Waals surface area contributed by atoms with Crippen molar-refractivity contribution in [2.45, 2.75) is 6.42 Å². The van der Waals surface area contributed by atoms with Crippen LogP contribution in [0.25, 0.3) is 11.3 Å². The summed E-state index contributed by atoms with van der Waals surface area (Å²) in [6.45, 7) is 0.480. The van der Waals surface area contributed by atoms with Gasteiger partial charge in [-0.15, -0.1) is 0 Å². The molecule has 1 aromatic carbocycles. The quantitative estimate of drug-likeness (QED) is 0.541. The second kappa shape index (κ2) is 7.47. The van der Waals surface area contributed by atoms with Crippen LogP contribution in [0, 0.1) is 0 Å². The SMILES string of the molecule is O=C(NCCc1cn2cc(Cl)cc(Cl)c2n1)c1ccc(-n2cccc2)cc1. The molecule has 0 spiro atoms. The molecule has 4 rings (SSSR count). The smallest absolute Gasteiger partial charge is 0.251 e. The lowest BCUT2D eigenvalue weighted by molar-refractivity contribution is 0.0954. The highest BCUT2D eigenvalue weighted by atomic mass is 35.5. The van der Waals surface area contributed by atoms with E-state index in [0.717, 1.165) is 11.4 Å². The van der Waals surface area contributed by atoms with Crippen molar-refractivity contribution in [3.8, 4) is 5.69 Å². The largest absolute Gasteiger partial charge is 0.352 e. The van der Waals surface area contributed by atoms with Gasteiger partial charge in [0.05, 0.1) is 15.7 Å². The summed E-state index contributed by atoms with van der Waals surface area (Å²) in [4.78, 5) is 16.8. The molecule has 0 atom stereocenters. The molecule has 0 saturated carbocycles. The first-order valence-electron chi connectivity index (χ1n) is 8.44. The van der Waals surface area contributed by atoms with E-state index in [2.05, 4.69) is 10.3 Å². The minimum Gasteiger partial charge on any atom is -0.352 e. The lowest BCUT2D eigenvalue weighted by atomic mass is 10.2. The van der Waals surface area contributed by atoms with Crippen molar-refractivity contribution in [2.75, 3.05) is 6.54 Å². The maximum Gasteiger partial charge on any atom is 0.251 e. The summed E-state index contributed by atoms with van der Waals surface area (Å²) in [5.74, 6) is -0.112. The van der Waals surface area contributed by atoms with Crippen molar-refractivity contribution in [1.29, 1.82) is 0 Å². The van der Waals surface area contributed by atoms with Crippen LogP contribution in [0.4, 0.5) is 0 Å². The van der Waals surface area contributed by atoms with E-state index in [9.17, 15) is 4.79 Å². The number of carbonyl (C=O) groups is 1. The summed E-state index contributed by atoms with van der Waals surface area (Å²) in [6.07, 6.45) is 8.14. The van der Waals surface area contributed by atoms with Crippen LogP contribution in [0.3, 0.4) is 0 Å². The molecule has 136 valence electrons. The number of imidazole rings is 1. The summed E-state index contributed by atoms with van der Waals surface area (Å²) in [7, 11) is 0. The fourth-order valence-electron chi connectivity index (χ4n) is 2.89. The van der Waals surface area contributed by atoms with Crippen LogP contribution < -0.4 is 5.32 Å². The lowest BCUT2D eigenvalue weighted by Gasteiger charge is -2.06. The van der Waals surface area contributed by atoms with Gasteiger partial charge in [0.15, 0.2) is 5.65 Å². The predicted molar refractivity (Wildman–Crippen MR) is 107 cm³/mol. The van der Waals surface area contributed by atoms with Gasteiger partial charge in [-0.2, -0.15) is 0 Å². The molecule has 0 aliphatic heterocycles. The second-order valence-corrected chi connectivity index (χ2v) is 6.96. The van der Waals surface area contributed by atoms with Gasteiger partial charge >= 0.3 is 0 Å². The molecule has 0 unspecified atom stereocenters. The normalized spacial score (nSPS) is 11.0. The van der Waals surface area contributed by atoms with E-state index in [4.69, 9.17) is 23.2 Å². The van der Waals surface area contributed by atoms with Crippen molar-refractivity contribution >= 4 is 34.8 Å². The third-order valence-corrected chi connectivity index (χ3v) is 4.71. The molecule has 1 N–H and O–H groups in total. The van der Waals surface area contributed by atoms with Crippen LogP contribution in [0.1, 0.15) is 16.1 Å². The highest BCUT2D eigenvalue weighted by Crippen LogP contribution is 2.21. The third kappa shape index (κ3) is 3.84. The zero-order valence-electron chi connectivity index (χ0n) is 14.3. The number of nitrogens with zero attached hydrogens (tertiary/aromatic N) is 3. The first kappa shape index (κ1) is 17.6. The molecule has 5 nitrogen and oxygen atoms in total. The number of hydrogen-bond donors (Lipinski definition) is 1. The van der Waals surface area contributed by atoms with Gasteiger partial charge in [0, 0.05) is 49.0 Å². The van der Waals surface area contributed by atoms with Gasteiger partial charge in [-0.05, 0) is 42.5 Å². The van der Waals surface area contributed by atoms with Crippen molar-refractivity contribution < 1.29 is 4.79 Å². The number of amides is 1. The van der Waals surface area contributed by atoms with E-state index in [-0.39, 0.29) is 5.91 Å². The minimum absolute atomic E-state index is 0.112. The fraction of sp³-hybridized carbons (Fsp3) is 0.100. The average molecular weight is 399 g/mol. The Labute approximate surface area is 166 Å². The van der Waals surface area contributed by atoms with Crippen LogP contribution in [-0.2, 0) is 6.42 Å². The van der Waals surface area contributed by atoms with Crippen LogP contribution in [-0.4, -0.2) is 26.4 Å². The summed E-state index contributed by atoms with van der Waals surface area (Å²) in [6, 6.07) is 13.1. The Morgan fingerprint density at radius 1 is 1.07 bits per heavy atom. The van der Waals surface area contributed by atoms with Crippen LogP contribution in [0.5, 0.6) is 0 Å². The van der Waals surface area contributed by atoms with E-state index in [1.54, 1.807) is 16.7 Å². The van der Waals surface area contributed by atoms with Crippen LogP contribution >= 0.6 is 23.2 Å². The van der Waals surface area contributed by atoms with Crippen molar-refractivity contribution in [3.05, 3.63) is 88.6 Å². The highest BCUT2D eigenvalue weighted by molar-refractivity contribution is 6.36. The molecule has 0 aliphatic carbocycles. The van der Waals surface area contributed by atoms with Crippen LogP contribution in [0.15, 0.2) is 67.3 Å². The van der Waals surface area contributed by atoms with Gasteiger partial charge in [-0.25, -0.2) is 4.98 Å². The Balaban J connectivity index is 1.37. The van der Waals surface area contributed by atoms with Gasteiger partial charge in [-0.3, -0.25) is 4.79 Å². The number of aromatic nitrogens is 3. The maximum atomic E-state index is 12.3. The van der Waals surface area contributed by atoms with Crippen molar-refractivity contribution in [1.82, 2.24) is 19.3 Å². The second-order valence-electron chi connectivity index (χ2n) is 6.11. The van der Waals surface area contributed by atoms with E-state index >= 15 is 0 Å². The number of carbonyl (C=O) groups excluding carboxylic acids is 1. The Morgan fingerprint density at radius 2 is 1.81 bits per heavy atom. The molecule has 0 saturated heterocycles. The Hall–Kier alpha value is -2.76. The van der Waals surface area contributed by atoms with E-state index in [0.29, 0.717) is 34.2 Å². The molecule has 0 radical (unpaired) electrons. The first-order valence-corrected chi connectivity index (χ1v) is 9.20. The maximum absolute atomic E-state index is 12.3. The van der Waals surface area contributed by atoms with Gasteiger partial charge < -0.3 is 14.3 Å². The molecule has 0 fully saturated rings. The van der Waals surface area contributed by atoms with Gasteiger partial charge in [0.1, 0.15) is 0 Å². The summed E-state index contributed by atoms with van der Waals surface area (Å²) < 4.78 is 3.78. The molecule has 7 heteroatoms. The molecular weight excluding hydrogens is 383 g/mol. The van der Waals surface area contributed by atoms with Crippen LogP contribution in [0.2, 0.25) is 10.0 Å². The van der Waals surface area contributed by atoms with Crippen molar-refractivity contribution in [2.24, 2.45) is 0 Å². The van der Waals surface area contributed by atoms with E-state index < -0.39 is 0 Å². The highest BCUT2D eigenvalue weighted by Gasteiger charge is 2.09. The predicted octanol–water partition coefficient (Wildman–Crippen LogP) is 4.40. The Morgan fingerprint density at radius 3 is 2.56 bits per heavy atom. The average Bonchev–Trinajstić information content (AvgIpc) is 3.31. The zero-order chi connectivity index (χ0) is 18.8. The zero-order valence-corrected chi connectivity index (χ0v) is 15.8. The molecule has 1 amide bonds. The fourth-order valence-corrected chi connectivity index (χ4v) is 3.42. The molecule has 0 bridgehead atoms. The number of hydrogen-bond acceptors (Lipinski definition) is 2. The monoisotopic (exact) mass is 398 g/mol. The van der Waals surface area contributed by atoms with E-state index in [1.807, 2.05) is 59.6 Å². The van der Waals surface area contributed by atoms with Gasteiger partial charge in [0.2, 0.25) is 0 Å². The van der Waals surface area contributed by atoms with Gasteiger partial charge in [-0.1, -0.05) is 23.2 Å². The summed E-state index contributed by atoms with van der Waals surface area (Å²) in [5, 5.41) is 3.97. The molecule has 3 aromatic heterocycles. The van der Waals surface area contributed by atoms with E-state index in [1.165, 1.54) is 0 Å². The first-order chi connectivity index (χ1) is 13.1. The Bertz CT molecular complexity index is 1090. The minimum atomic E-state index is -0.112. The third-order valence-electron chi connectivity index (χ3n) is 4.22. The molecule has 27 heavy (non-hydrogen) atoms. The molecule has 0 aliphatic rings. The number of fused-ring (bicyclic) bond motifs is 1. The topological polar surface area (TPSA) is 51.3 Å². The molecular formula is C20H16Cl2N4O. The standard InChI is InChI=1S/C20H16Cl2N4O/c21-15-11-18(22)19-24-16(13-26(19)12-15)7-8-23-20(27)14-3-5-17(6-4-14)25-9-1-2-10-25/h1-6,9-13H,7-8H2,(H,23,27). The molecule has 3 heterocycles. The van der Waals surface area contributed by atoms with Crippen molar-refractivity contribution in [3.63, 3.8) is 0 Å². The van der Waals surface area contributed by atoms with Gasteiger partial charge in [0.25, 0.3) is 5.91 Å². The number of nitrogens with one attached hydrogen (secondary N) is 1. The number of benzene rings is 1.